The van der Waals surface area contributed by atoms with E-state index in [1.165, 1.54) is 0 Å². The van der Waals surface area contributed by atoms with Gasteiger partial charge in [0.05, 0.1) is 12.6 Å². The number of aromatic nitrogens is 2. The van der Waals surface area contributed by atoms with Gasteiger partial charge in [0.1, 0.15) is 0 Å². The third-order valence-electron chi connectivity index (χ3n) is 1.46. The number of aryl methyl sites for hydroxylation is 1. The molecule has 2 N–H and O–H groups in total. The monoisotopic (exact) mass is 166 g/mol. The van der Waals surface area contributed by atoms with E-state index < -0.39 is 5.97 Å². The van der Waals surface area contributed by atoms with E-state index in [1.54, 1.807) is 18.3 Å². The van der Waals surface area contributed by atoms with Gasteiger partial charge in [0.25, 0.3) is 0 Å². The summed E-state index contributed by atoms with van der Waals surface area (Å²) in [6, 6.07) is 0. The van der Waals surface area contributed by atoms with E-state index in [0.717, 1.165) is 11.3 Å². The summed E-state index contributed by atoms with van der Waals surface area (Å²) in [5.74, 6) is -0.826. The van der Waals surface area contributed by atoms with Gasteiger partial charge in [0.2, 0.25) is 0 Å². The minimum Gasteiger partial charge on any atom is -0.481 e. The first-order chi connectivity index (χ1) is 5.70. The van der Waals surface area contributed by atoms with Crippen molar-refractivity contribution in [2.45, 2.75) is 13.3 Å². The SMILES string of the molecule is Cc1[nH]ncc1C=CCC(=O)O. The molecule has 0 amide bonds. The highest BCUT2D eigenvalue weighted by Gasteiger charge is 1.94. The summed E-state index contributed by atoms with van der Waals surface area (Å²) in [7, 11) is 0. The number of hydrogen-bond acceptors (Lipinski definition) is 2. The average Bonchev–Trinajstić information content (AvgIpc) is 2.36. The quantitative estimate of drug-likeness (QED) is 0.709. The van der Waals surface area contributed by atoms with E-state index in [-0.39, 0.29) is 6.42 Å². The summed E-state index contributed by atoms with van der Waals surface area (Å²) >= 11 is 0. The number of carboxylic acids is 1. The molecule has 0 aromatic carbocycles. The molecule has 1 aromatic rings. The number of carbonyl (C=O) groups is 1. The second kappa shape index (κ2) is 3.71. The highest BCUT2D eigenvalue weighted by molar-refractivity contribution is 5.70. The number of carboxylic acid groups (broad SMARTS) is 1. The lowest BCUT2D eigenvalue weighted by atomic mass is 10.2. The number of hydrogen-bond donors (Lipinski definition) is 2. The molecule has 0 aliphatic heterocycles. The lowest BCUT2D eigenvalue weighted by Gasteiger charge is -1.86. The molecule has 64 valence electrons. The van der Waals surface area contributed by atoms with Gasteiger partial charge >= 0.3 is 5.97 Å². The van der Waals surface area contributed by atoms with Gasteiger partial charge in [-0.15, -0.1) is 0 Å². The van der Waals surface area contributed by atoms with Gasteiger partial charge in [-0.3, -0.25) is 9.89 Å². The second-order valence-corrected chi connectivity index (χ2v) is 2.45. The Morgan fingerprint density at radius 3 is 3.08 bits per heavy atom. The molecule has 0 saturated carbocycles. The highest BCUT2D eigenvalue weighted by atomic mass is 16.4. The third-order valence-corrected chi connectivity index (χ3v) is 1.46. The zero-order chi connectivity index (χ0) is 8.97. The standard InChI is InChI=1S/C8H10N2O2/c1-6-7(5-9-10-6)3-2-4-8(11)12/h2-3,5H,4H2,1H3,(H,9,10)(H,11,12). The maximum absolute atomic E-state index is 10.1. The van der Waals surface area contributed by atoms with Crippen LogP contribution in [-0.4, -0.2) is 21.3 Å². The van der Waals surface area contributed by atoms with Gasteiger partial charge in [0, 0.05) is 11.3 Å². The van der Waals surface area contributed by atoms with Crippen molar-refractivity contribution >= 4 is 12.0 Å². The van der Waals surface area contributed by atoms with Crippen molar-refractivity contribution in [2.24, 2.45) is 0 Å². The van der Waals surface area contributed by atoms with Crippen LogP contribution in [0.5, 0.6) is 0 Å². The molecule has 4 heteroatoms. The van der Waals surface area contributed by atoms with E-state index >= 15 is 0 Å². The fourth-order valence-corrected chi connectivity index (χ4v) is 0.815. The lowest BCUT2D eigenvalue weighted by molar-refractivity contribution is -0.135. The lowest BCUT2D eigenvalue weighted by Crippen LogP contribution is -1.89. The molecular weight excluding hydrogens is 156 g/mol. The first kappa shape index (κ1) is 8.52. The van der Waals surface area contributed by atoms with E-state index in [1.807, 2.05) is 6.92 Å². The highest BCUT2D eigenvalue weighted by Crippen LogP contribution is 2.04. The minimum absolute atomic E-state index is 0.0462. The molecule has 12 heavy (non-hydrogen) atoms. The molecule has 1 rings (SSSR count). The molecule has 0 aliphatic rings. The molecule has 4 nitrogen and oxygen atoms in total. The van der Waals surface area contributed by atoms with Crippen LogP contribution in [0.4, 0.5) is 0 Å². The van der Waals surface area contributed by atoms with Gasteiger partial charge in [-0.05, 0) is 6.92 Å². The number of H-pyrrole nitrogens is 1. The van der Waals surface area contributed by atoms with Crippen LogP contribution in [0.2, 0.25) is 0 Å². The van der Waals surface area contributed by atoms with Gasteiger partial charge in [0.15, 0.2) is 0 Å². The van der Waals surface area contributed by atoms with E-state index in [9.17, 15) is 4.79 Å². The van der Waals surface area contributed by atoms with Crippen molar-refractivity contribution in [3.05, 3.63) is 23.5 Å². The summed E-state index contributed by atoms with van der Waals surface area (Å²) in [6.07, 6.45) is 5.05. The normalized spacial score (nSPS) is 10.8. The number of rotatable bonds is 3. The van der Waals surface area contributed by atoms with E-state index in [0.29, 0.717) is 0 Å². The Hall–Kier alpha value is -1.58. The fraction of sp³-hybridized carbons (Fsp3) is 0.250. The van der Waals surface area contributed by atoms with Crippen LogP contribution in [0.25, 0.3) is 6.08 Å². The van der Waals surface area contributed by atoms with Gasteiger partial charge in [-0.25, -0.2) is 0 Å². The topological polar surface area (TPSA) is 66.0 Å². The van der Waals surface area contributed by atoms with E-state index in [4.69, 9.17) is 5.11 Å². The molecule has 1 heterocycles. The summed E-state index contributed by atoms with van der Waals surface area (Å²) in [5, 5.41) is 14.9. The largest absolute Gasteiger partial charge is 0.481 e. The van der Waals surface area contributed by atoms with Crippen molar-refractivity contribution < 1.29 is 9.90 Å². The Kier molecular flexibility index (Phi) is 2.63. The summed E-state index contributed by atoms with van der Waals surface area (Å²) < 4.78 is 0. The zero-order valence-electron chi connectivity index (χ0n) is 6.74. The molecule has 1 aromatic heterocycles. The summed E-state index contributed by atoms with van der Waals surface area (Å²) in [5.41, 5.74) is 1.87. The molecule has 0 aliphatic carbocycles. The first-order valence-corrected chi connectivity index (χ1v) is 3.58. The maximum Gasteiger partial charge on any atom is 0.307 e. The number of nitrogens with one attached hydrogen (secondary N) is 1. The number of aliphatic carboxylic acids is 1. The van der Waals surface area contributed by atoms with Crippen LogP contribution in [0.1, 0.15) is 17.7 Å². The van der Waals surface area contributed by atoms with Crippen molar-refractivity contribution in [1.29, 1.82) is 0 Å². The third kappa shape index (κ3) is 2.23. The van der Waals surface area contributed by atoms with Gasteiger partial charge in [-0.1, -0.05) is 12.2 Å². The predicted molar refractivity (Wildman–Crippen MR) is 44.6 cm³/mol. The van der Waals surface area contributed by atoms with Crippen molar-refractivity contribution in [3.8, 4) is 0 Å². The number of nitrogens with zero attached hydrogens (tertiary/aromatic N) is 1. The van der Waals surface area contributed by atoms with Crippen LogP contribution in [0.15, 0.2) is 12.3 Å². The zero-order valence-corrected chi connectivity index (χ0v) is 6.74. The summed E-state index contributed by atoms with van der Waals surface area (Å²) in [6.45, 7) is 1.88. The molecule has 0 saturated heterocycles. The van der Waals surface area contributed by atoms with Crippen LogP contribution in [-0.2, 0) is 4.79 Å². The van der Waals surface area contributed by atoms with Crippen molar-refractivity contribution in [3.63, 3.8) is 0 Å². The Labute approximate surface area is 69.9 Å². The molecule has 0 unspecified atom stereocenters. The maximum atomic E-state index is 10.1. The Morgan fingerprint density at radius 2 is 2.58 bits per heavy atom. The van der Waals surface area contributed by atoms with Crippen molar-refractivity contribution in [1.82, 2.24) is 10.2 Å². The van der Waals surface area contributed by atoms with Crippen molar-refractivity contribution in [2.75, 3.05) is 0 Å². The minimum atomic E-state index is -0.826. The van der Waals surface area contributed by atoms with E-state index in [2.05, 4.69) is 10.2 Å². The predicted octanol–water partition coefficient (Wildman–Crippen LogP) is 1.21. The molecule has 0 bridgehead atoms. The first-order valence-electron chi connectivity index (χ1n) is 3.58. The Morgan fingerprint density at radius 1 is 1.83 bits per heavy atom. The second-order valence-electron chi connectivity index (χ2n) is 2.45. The van der Waals surface area contributed by atoms with Crippen LogP contribution >= 0.6 is 0 Å². The summed E-state index contributed by atoms with van der Waals surface area (Å²) in [4.78, 5) is 10.1. The molecular formula is C8H10N2O2. The fourth-order valence-electron chi connectivity index (χ4n) is 0.815. The average molecular weight is 166 g/mol. The van der Waals surface area contributed by atoms with Gasteiger partial charge < -0.3 is 5.11 Å². The molecule has 0 radical (unpaired) electrons. The van der Waals surface area contributed by atoms with Gasteiger partial charge in [-0.2, -0.15) is 5.10 Å². The number of aromatic amines is 1. The molecule has 0 spiro atoms. The smallest absolute Gasteiger partial charge is 0.307 e. The van der Waals surface area contributed by atoms with Crippen LogP contribution < -0.4 is 0 Å². The molecule has 0 fully saturated rings. The van der Waals surface area contributed by atoms with Crippen LogP contribution in [0.3, 0.4) is 0 Å². The molecule has 0 atom stereocenters. The Balaban J connectivity index is 2.57. The van der Waals surface area contributed by atoms with Crippen LogP contribution in [0, 0.1) is 6.92 Å². The Bertz CT molecular complexity index is 302.